The van der Waals surface area contributed by atoms with Crippen LogP contribution >= 0.6 is 11.8 Å². The number of sulfonamides is 1. The molecule has 6 nitrogen and oxygen atoms in total. The molecule has 1 saturated heterocycles. The molecular weight excluding hydrogens is 284 g/mol. The van der Waals surface area contributed by atoms with Gasteiger partial charge in [-0.1, -0.05) is 0 Å². The van der Waals surface area contributed by atoms with Crippen LogP contribution in [0.15, 0.2) is 12.4 Å². The Labute approximate surface area is 118 Å². The van der Waals surface area contributed by atoms with E-state index in [9.17, 15) is 8.42 Å². The van der Waals surface area contributed by atoms with Gasteiger partial charge in [0.1, 0.15) is 5.82 Å². The first-order valence-electron chi connectivity index (χ1n) is 6.16. The van der Waals surface area contributed by atoms with Crippen molar-refractivity contribution in [3.63, 3.8) is 0 Å². The fraction of sp³-hybridized carbons (Fsp3) is 0.636. The van der Waals surface area contributed by atoms with Gasteiger partial charge in [-0.2, -0.15) is 11.8 Å². The number of aryl methyl sites for hydroxylation is 1. The Morgan fingerprint density at radius 1 is 1.37 bits per heavy atom. The van der Waals surface area contributed by atoms with Crippen molar-refractivity contribution in [3.8, 4) is 0 Å². The molecule has 0 amide bonds. The van der Waals surface area contributed by atoms with E-state index in [1.54, 1.807) is 28.5 Å². The minimum atomic E-state index is -3.15. The molecule has 0 atom stereocenters. The predicted molar refractivity (Wildman–Crippen MR) is 77.9 cm³/mol. The van der Waals surface area contributed by atoms with Gasteiger partial charge in [0.25, 0.3) is 0 Å². The van der Waals surface area contributed by atoms with Crippen LogP contribution in [-0.2, 0) is 10.0 Å². The summed E-state index contributed by atoms with van der Waals surface area (Å²) >= 11 is 1.80. The Kier molecular flexibility index (Phi) is 5.00. The summed E-state index contributed by atoms with van der Waals surface area (Å²) < 4.78 is 25.7. The Hall–Kier alpha value is -0.860. The van der Waals surface area contributed by atoms with Crippen molar-refractivity contribution in [1.82, 2.24) is 14.3 Å². The van der Waals surface area contributed by atoms with E-state index in [-0.39, 0.29) is 5.75 Å². The average molecular weight is 302 g/mol. The lowest BCUT2D eigenvalue weighted by Gasteiger charge is -2.25. The summed E-state index contributed by atoms with van der Waals surface area (Å²) in [5.74, 6) is 2.48. The average Bonchev–Trinajstić information content (AvgIpc) is 2.40. The highest BCUT2D eigenvalue weighted by Gasteiger charge is 2.23. The van der Waals surface area contributed by atoms with E-state index < -0.39 is 10.0 Å². The smallest absolute Gasteiger partial charge is 0.215 e. The molecule has 1 aliphatic heterocycles. The van der Waals surface area contributed by atoms with E-state index in [0.717, 1.165) is 17.2 Å². The van der Waals surface area contributed by atoms with Crippen molar-refractivity contribution in [2.45, 2.75) is 6.92 Å². The lowest BCUT2D eigenvalue weighted by molar-refractivity contribution is 0.444. The number of rotatable bonds is 5. The molecule has 106 valence electrons. The third-order valence-corrected chi connectivity index (χ3v) is 5.60. The minimum absolute atomic E-state index is 0.0906. The fourth-order valence-corrected chi connectivity index (χ4v) is 4.30. The Bertz CT molecular complexity index is 515. The Morgan fingerprint density at radius 2 is 2.11 bits per heavy atom. The van der Waals surface area contributed by atoms with Gasteiger partial charge in [0.15, 0.2) is 0 Å². The number of thioether (sulfide) groups is 1. The molecule has 0 saturated carbocycles. The van der Waals surface area contributed by atoms with Gasteiger partial charge < -0.3 is 5.32 Å². The van der Waals surface area contributed by atoms with Crippen molar-refractivity contribution in [3.05, 3.63) is 18.1 Å². The molecule has 0 spiro atoms. The molecule has 1 aliphatic rings. The van der Waals surface area contributed by atoms with Gasteiger partial charge in [-0.15, -0.1) is 0 Å². The van der Waals surface area contributed by atoms with Gasteiger partial charge in [0.2, 0.25) is 10.0 Å². The molecule has 0 unspecified atom stereocenters. The van der Waals surface area contributed by atoms with Crippen LogP contribution in [0.3, 0.4) is 0 Å². The van der Waals surface area contributed by atoms with E-state index in [1.807, 2.05) is 6.92 Å². The molecule has 0 bridgehead atoms. The van der Waals surface area contributed by atoms with Crippen LogP contribution in [0.4, 0.5) is 5.82 Å². The monoisotopic (exact) mass is 302 g/mol. The van der Waals surface area contributed by atoms with Crippen LogP contribution in [0.1, 0.15) is 5.69 Å². The molecular formula is C11H18N4O2S2. The maximum absolute atomic E-state index is 12.1. The second-order valence-electron chi connectivity index (χ2n) is 4.30. The summed E-state index contributed by atoms with van der Waals surface area (Å²) in [6.07, 6.45) is 3.25. The number of nitrogens with one attached hydrogen (secondary N) is 1. The first-order valence-corrected chi connectivity index (χ1v) is 8.92. The van der Waals surface area contributed by atoms with Crippen molar-refractivity contribution in [2.75, 3.05) is 42.2 Å². The van der Waals surface area contributed by atoms with Crippen LogP contribution in [-0.4, -0.2) is 59.6 Å². The van der Waals surface area contributed by atoms with Crippen molar-refractivity contribution < 1.29 is 8.42 Å². The molecule has 19 heavy (non-hydrogen) atoms. The summed E-state index contributed by atoms with van der Waals surface area (Å²) in [5.41, 5.74) is 0.806. The zero-order chi connectivity index (χ0) is 13.7. The molecule has 2 rings (SSSR count). The number of anilines is 1. The van der Waals surface area contributed by atoms with Gasteiger partial charge in [0, 0.05) is 37.3 Å². The lowest BCUT2D eigenvalue weighted by atomic mass is 10.5. The zero-order valence-electron chi connectivity index (χ0n) is 10.9. The fourth-order valence-electron chi connectivity index (χ4n) is 1.81. The molecule has 1 aromatic heterocycles. The molecule has 2 heterocycles. The highest BCUT2D eigenvalue weighted by atomic mass is 32.2. The van der Waals surface area contributed by atoms with Gasteiger partial charge >= 0.3 is 0 Å². The lowest BCUT2D eigenvalue weighted by Crippen LogP contribution is -2.40. The van der Waals surface area contributed by atoms with E-state index in [2.05, 4.69) is 15.3 Å². The maximum atomic E-state index is 12.1. The van der Waals surface area contributed by atoms with E-state index in [0.29, 0.717) is 25.5 Å². The van der Waals surface area contributed by atoms with Crippen molar-refractivity contribution in [1.29, 1.82) is 0 Å². The molecule has 0 aliphatic carbocycles. The summed E-state index contributed by atoms with van der Waals surface area (Å²) in [7, 11) is -3.15. The predicted octanol–water partition coefficient (Wildman–Crippen LogP) is 0.576. The highest BCUT2D eigenvalue weighted by Crippen LogP contribution is 2.13. The third kappa shape index (κ3) is 4.32. The van der Waals surface area contributed by atoms with E-state index in [4.69, 9.17) is 0 Å². The molecule has 1 aromatic rings. The van der Waals surface area contributed by atoms with Crippen molar-refractivity contribution in [2.24, 2.45) is 0 Å². The minimum Gasteiger partial charge on any atom is -0.368 e. The topological polar surface area (TPSA) is 75.2 Å². The van der Waals surface area contributed by atoms with Crippen LogP contribution in [0.5, 0.6) is 0 Å². The van der Waals surface area contributed by atoms with Crippen molar-refractivity contribution >= 4 is 27.6 Å². The number of hydrogen-bond acceptors (Lipinski definition) is 6. The van der Waals surface area contributed by atoms with Gasteiger partial charge in [-0.3, -0.25) is 4.98 Å². The SMILES string of the molecule is Cc1cncc(NCCS(=O)(=O)N2CCSCC2)n1. The number of hydrogen-bond donors (Lipinski definition) is 1. The van der Waals surface area contributed by atoms with Crippen LogP contribution in [0, 0.1) is 6.92 Å². The van der Waals surface area contributed by atoms with E-state index in [1.165, 1.54) is 0 Å². The normalized spacial score (nSPS) is 17.3. The third-order valence-electron chi connectivity index (χ3n) is 2.78. The maximum Gasteiger partial charge on any atom is 0.215 e. The van der Waals surface area contributed by atoms with E-state index >= 15 is 0 Å². The van der Waals surface area contributed by atoms with Gasteiger partial charge in [-0.25, -0.2) is 17.7 Å². The molecule has 8 heteroatoms. The summed E-state index contributed by atoms with van der Waals surface area (Å²) in [4.78, 5) is 8.22. The molecule has 1 N–H and O–H groups in total. The van der Waals surface area contributed by atoms with Crippen LogP contribution in [0.2, 0.25) is 0 Å². The van der Waals surface area contributed by atoms with Gasteiger partial charge in [0.05, 0.1) is 17.6 Å². The molecule has 0 aromatic carbocycles. The summed E-state index contributed by atoms with van der Waals surface area (Å²) in [6, 6.07) is 0. The molecule has 1 fully saturated rings. The Balaban J connectivity index is 1.84. The van der Waals surface area contributed by atoms with Crippen LogP contribution < -0.4 is 5.32 Å². The summed E-state index contributed by atoms with van der Waals surface area (Å²) in [6.45, 7) is 3.44. The Morgan fingerprint density at radius 3 is 2.79 bits per heavy atom. The zero-order valence-corrected chi connectivity index (χ0v) is 12.5. The first-order chi connectivity index (χ1) is 9.08. The number of nitrogens with zero attached hydrogens (tertiary/aromatic N) is 3. The first kappa shape index (κ1) is 14.5. The largest absolute Gasteiger partial charge is 0.368 e. The van der Waals surface area contributed by atoms with Crippen LogP contribution in [0.25, 0.3) is 0 Å². The highest BCUT2D eigenvalue weighted by molar-refractivity contribution is 7.99. The summed E-state index contributed by atoms with van der Waals surface area (Å²) in [5, 5.41) is 3.00. The quantitative estimate of drug-likeness (QED) is 0.857. The number of aromatic nitrogens is 2. The second-order valence-corrected chi connectivity index (χ2v) is 7.61. The second kappa shape index (κ2) is 6.53. The molecule has 0 radical (unpaired) electrons. The standard InChI is InChI=1S/C11H18N4O2S2/c1-10-8-12-9-11(14-10)13-2-7-19(16,17)15-3-5-18-6-4-15/h8-9H,2-7H2,1H3,(H,13,14). The van der Waals surface area contributed by atoms with Gasteiger partial charge in [-0.05, 0) is 6.92 Å².